The summed E-state index contributed by atoms with van der Waals surface area (Å²) in [5.41, 5.74) is 5.36. The van der Waals surface area contributed by atoms with E-state index in [1.54, 1.807) is 31.2 Å². The van der Waals surface area contributed by atoms with Crippen molar-refractivity contribution in [3.05, 3.63) is 47.0 Å². The van der Waals surface area contributed by atoms with Crippen molar-refractivity contribution in [2.24, 2.45) is 0 Å². The van der Waals surface area contributed by atoms with Crippen LogP contribution in [0, 0.1) is 12.3 Å². The Labute approximate surface area is 254 Å². The summed E-state index contributed by atoms with van der Waals surface area (Å²) in [4.78, 5) is 33.7. The van der Waals surface area contributed by atoms with Crippen molar-refractivity contribution in [3.8, 4) is 18.1 Å². The largest absolute Gasteiger partial charge is 0.461 e. The number of nitrogen functional groups attached to an aromatic ring is 1. The van der Waals surface area contributed by atoms with Crippen LogP contribution in [0.2, 0.25) is 0 Å². The molecule has 16 heteroatoms. The van der Waals surface area contributed by atoms with Crippen LogP contribution in [-0.2, 0) is 37.3 Å². The smallest absolute Gasteiger partial charge is 0.323 e. The van der Waals surface area contributed by atoms with Gasteiger partial charge in [-0.25, -0.2) is 10.1 Å². The Kier molecular flexibility index (Phi) is 13.1. The van der Waals surface area contributed by atoms with E-state index in [9.17, 15) is 14.7 Å². The van der Waals surface area contributed by atoms with Crippen molar-refractivity contribution in [2.45, 2.75) is 70.1 Å². The lowest BCUT2D eigenvalue weighted by Gasteiger charge is -2.29. The number of benzene rings is 1. The maximum atomic E-state index is 12.6. The Bertz CT molecular complexity index is 1470. The van der Waals surface area contributed by atoms with Gasteiger partial charge in [0.05, 0.1) is 12.9 Å². The summed E-state index contributed by atoms with van der Waals surface area (Å²) in [5.74, 6) is 2.30. The molecule has 1 saturated carbocycles. The molecule has 6 N–H and O–H groups in total. The molecule has 2 aromatic heterocycles. The number of hydrogen-bond donors (Lipinski definition) is 5. The molecule has 14 nitrogen and oxygen atoms in total. The van der Waals surface area contributed by atoms with Crippen molar-refractivity contribution in [1.29, 1.82) is 0 Å². The number of terminal acetylenes is 1. The predicted molar refractivity (Wildman–Crippen MR) is 163 cm³/mol. The van der Waals surface area contributed by atoms with Crippen LogP contribution in [0.15, 0.2) is 41.5 Å². The number of nitrogens with zero attached hydrogens (tertiary/aromatic N) is 3. The third-order valence-corrected chi connectivity index (χ3v) is 8.89. The van der Waals surface area contributed by atoms with Gasteiger partial charge in [-0.3, -0.25) is 19.1 Å². The second-order valence-electron chi connectivity index (χ2n) is 9.61. The molecule has 0 spiro atoms. The molecule has 3 unspecified atom stereocenters. The van der Waals surface area contributed by atoms with E-state index in [1.807, 2.05) is 6.07 Å². The molecule has 0 bridgehead atoms. The zero-order valence-corrected chi connectivity index (χ0v) is 25.6. The molecule has 3 aromatic rings. The monoisotopic (exact) mass is 636 g/mol. The quantitative estimate of drug-likeness (QED) is 0.110. The second kappa shape index (κ2) is 16.5. The number of hydrogen-bond acceptors (Lipinski definition) is 12. The van der Waals surface area contributed by atoms with E-state index < -0.39 is 36.4 Å². The Morgan fingerprint density at radius 2 is 2.02 bits per heavy atom. The van der Waals surface area contributed by atoms with Crippen LogP contribution >= 0.6 is 6.64 Å². The van der Waals surface area contributed by atoms with E-state index in [4.69, 9.17) is 47.6 Å². The van der Waals surface area contributed by atoms with Gasteiger partial charge in [0.2, 0.25) is 5.95 Å². The number of nitrogens with two attached hydrogens (primary N) is 1. The second-order valence-corrected chi connectivity index (χ2v) is 12.7. The number of imidazole rings is 1. The summed E-state index contributed by atoms with van der Waals surface area (Å²) < 4.78 is 23.9. The number of esters is 1. The first kappa shape index (κ1) is 34.1. The highest BCUT2D eigenvalue weighted by molar-refractivity contribution is 8.09. The van der Waals surface area contributed by atoms with Crippen LogP contribution in [-0.4, -0.2) is 73.8 Å². The molecule has 2 heterocycles. The highest BCUT2D eigenvalue weighted by Gasteiger charge is 2.31. The Hall–Kier alpha value is -3.35. The van der Waals surface area contributed by atoms with Crippen molar-refractivity contribution in [2.75, 3.05) is 19.5 Å². The van der Waals surface area contributed by atoms with Gasteiger partial charge in [-0.2, -0.15) is 4.98 Å². The Balaban J connectivity index is 0.000000321. The standard InChI is InChI=1S/C21H30NO6PS.C6H7N5O2/c1-4-19(23)20(25-3)15-26-29(30,28-18-13-9-6-10-14-18)22-16(2)21(24)27-17-11-7-5-8-12-17;7-6-9-4-3(5(13)10-6)8-1-11(4)2-12/h1,6,9-10,13-14,16-17,19-20,23H,5,7-8,11-12,15H2,2-3H3,(H,22,30);1,12H,2H2,(H3,7,9,10,13)/t16?,19-,20?,29?;/m0./s1. The van der Waals surface area contributed by atoms with Gasteiger partial charge in [-0.15, -0.1) is 6.42 Å². The van der Waals surface area contributed by atoms with Crippen LogP contribution in [0.3, 0.4) is 0 Å². The highest BCUT2D eigenvalue weighted by Crippen LogP contribution is 2.45. The number of para-hydroxylation sites is 1. The third-order valence-electron chi connectivity index (χ3n) is 6.39. The Morgan fingerprint density at radius 3 is 2.65 bits per heavy atom. The summed E-state index contributed by atoms with van der Waals surface area (Å²) in [7, 11) is 1.41. The lowest BCUT2D eigenvalue weighted by molar-refractivity contribution is -0.152. The average Bonchev–Trinajstić information content (AvgIpc) is 3.41. The topological polar surface area (TPSA) is 196 Å². The predicted octanol–water partition coefficient (Wildman–Crippen LogP) is 1.82. The van der Waals surface area contributed by atoms with Gasteiger partial charge in [0.25, 0.3) is 5.56 Å². The van der Waals surface area contributed by atoms with E-state index >= 15 is 0 Å². The minimum Gasteiger partial charge on any atom is -0.461 e. The van der Waals surface area contributed by atoms with E-state index in [1.165, 1.54) is 24.4 Å². The molecule has 0 radical (unpaired) electrons. The summed E-state index contributed by atoms with van der Waals surface area (Å²) >= 11 is 5.63. The first-order valence-electron chi connectivity index (χ1n) is 13.5. The lowest BCUT2D eigenvalue weighted by Crippen LogP contribution is -2.38. The summed E-state index contributed by atoms with van der Waals surface area (Å²) in [5, 5.41) is 21.7. The number of aromatic amines is 1. The summed E-state index contributed by atoms with van der Waals surface area (Å²) in [6.45, 7) is -1.93. The molecule has 0 saturated heterocycles. The normalized spacial score (nSPS) is 17.0. The minimum absolute atomic E-state index is 0.00713. The molecular weight excluding hydrogens is 599 g/mol. The molecule has 1 aliphatic rings. The van der Waals surface area contributed by atoms with Gasteiger partial charge < -0.3 is 34.5 Å². The lowest BCUT2D eigenvalue weighted by atomic mass is 9.98. The molecule has 4 atom stereocenters. The maximum absolute atomic E-state index is 12.6. The Morgan fingerprint density at radius 1 is 1.33 bits per heavy atom. The number of aliphatic hydroxyl groups excluding tert-OH is 2. The number of aromatic nitrogens is 4. The third kappa shape index (κ3) is 10.1. The first-order valence-corrected chi connectivity index (χ1v) is 16.2. The van der Waals surface area contributed by atoms with E-state index in [0.717, 1.165) is 25.7 Å². The van der Waals surface area contributed by atoms with Crippen molar-refractivity contribution in [3.63, 3.8) is 0 Å². The van der Waals surface area contributed by atoms with E-state index in [2.05, 4.69) is 26.0 Å². The van der Waals surface area contributed by atoms with Crippen LogP contribution in [0.4, 0.5) is 5.95 Å². The zero-order chi connectivity index (χ0) is 31.4. The van der Waals surface area contributed by atoms with Gasteiger partial charge in [0.1, 0.15) is 36.8 Å². The summed E-state index contributed by atoms with van der Waals surface area (Å²) in [6, 6.07) is 8.19. The van der Waals surface area contributed by atoms with Crippen LogP contribution in [0.5, 0.6) is 5.75 Å². The van der Waals surface area contributed by atoms with Crippen LogP contribution in [0.1, 0.15) is 39.0 Å². The SMILES string of the molecule is C#C[C@H](O)C(COP(=S)(NC(C)C(=O)OC1CCCCC1)Oc1ccccc1)OC.Nc1nc2c(ncn2CO)c(=O)[nH]1. The number of H-pyrrole nitrogens is 1. The van der Waals surface area contributed by atoms with Gasteiger partial charge >= 0.3 is 12.6 Å². The fourth-order valence-electron chi connectivity index (χ4n) is 4.09. The molecule has 43 heavy (non-hydrogen) atoms. The van der Waals surface area contributed by atoms with Crippen molar-refractivity contribution < 1.29 is 33.5 Å². The highest BCUT2D eigenvalue weighted by atomic mass is 32.5. The van der Waals surface area contributed by atoms with Crippen molar-refractivity contribution in [1.82, 2.24) is 24.6 Å². The van der Waals surface area contributed by atoms with E-state index in [0.29, 0.717) is 5.75 Å². The molecule has 0 aliphatic heterocycles. The summed E-state index contributed by atoms with van der Waals surface area (Å²) in [6.07, 6.45) is 9.63. The number of rotatable bonds is 12. The van der Waals surface area contributed by atoms with Gasteiger partial charge in [0, 0.05) is 7.11 Å². The number of anilines is 1. The molecule has 1 aliphatic carbocycles. The van der Waals surface area contributed by atoms with E-state index in [-0.39, 0.29) is 36.6 Å². The number of nitrogens with one attached hydrogen (secondary N) is 2. The fraction of sp³-hybridized carbons (Fsp3) is 0.481. The molecule has 0 amide bonds. The van der Waals surface area contributed by atoms with Crippen molar-refractivity contribution >= 4 is 41.5 Å². The molecular formula is C27H37N6O8PS. The number of carbonyl (C=O) groups is 1. The fourth-order valence-corrected chi connectivity index (χ4v) is 6.51. The number of aliphatic hydroxyl groups is 2. The average molecular weight is 637 g/mol. The molecule has 4 rings (SSSR count). The van der Waals surface area contributed by atoms with Gasteiger partial charge in [-0.1, -0.05) is 30.5 Å². The molecule has 234 valence electrons. The maximum Gasteiger partial charge on any atom is 0.323 e. The van der Waals surface area contributed by atoms with Crippen LogP contribution in [0.25, 0.3) is 11.2 Å². The minimum atomic E-state index is -3.20. The number of fused-ring (bicyclic) bond motifs is 1. The number of ether oxygens (including phenoxy) is 2. The first-order chi connectivity index (χ1) is 20.6. The van der Waals surface area contributed by atoms with Crippen LogP contribution < -0.4 is 20.9 Å². The molecule has 1 aromatic carbocycles. The zero-order valence-electron chi connectivity index (χ0n) is 23.9. The van der Waals surface area contributed by atoms with Gasteiger partial charge in [-0.05, 0) is 56.5 Å². The van der Waals surface area contributed by atoms with Gasteiger partial charge in [0.15, 0.2) is 11.2 Å². The number of methoxy groups -OCH3 is 1. The molecule has 1 fully saturated rings. The number of carbonyl (C=O) groups excluding carboxylic acids is 1.